The third-order valence-corrected chi connectivity index (χ3v) is 3.94. The number of hydrogen-bond donors (Lipinski definition) is 0. The Labute approximate surface area is 96.2 Å². The Hall–Kier alpha value is -1.37. The first-order valence-electron chi connectivity index (χ1n) is 6.17. The summed E-state index contributed by atoms with van der Waals surface area (Å²) in [7, 11) is 0. The van der Waals surface area contributed by atoms with E-state index in [0.717, 1.165) is 6.42 Å². The quantitative estimate of drug-likeness (QED) is 0.696. The van der Waals surface area contributed by atoms with Gasteiger partial charge >= 0.3 is 0 Å². The molecule has 0 heterocycles. The predicted molar refractivity (Wildman–Crippen MR) is 64.9 cm³/mol. The van der Waals surface area contributed by atoms with Crippen LogP contribution in [0.25, 0.3) is 5.57 Å². The first-order chi connectivity index (χ1) is 7.86. The highest BCUT2D eigenvalue weighted by Gasteiger charge is 2.37. The molecule has 2 aliphatic carbocycles. The van der Waals surface area contributed by atoms with Gasteiger partial charge in [-0.15, -0.1) is 0 Å². The maximum absolute atomic E-state index is 11.9. The van der Waals surface area contributed by atoms with Crippen LogP contribution >= 0.6 is 0 Å². The zero-order valence-corrected chi connectivity index (χ0v) is 9.36. The lowest BCUT2D eigenvalue weighted by molar-refractivity contribution is -0.119. The summed E-state index contributed by atoms with van der Waals surface area (Å²) in [6.45, 7) is 0. The lowest BCUT2D eigenvalue weighted by Crippen LogP contribution is -2.20. The molecule has 0 radical (unpaired) electrons. The van der Waals surface area contributed by atoms with Gasteiger partial charge in [0, 0.05) is 5.92 Å². The second kappa shape index (κ2) is 3.89. The molecule has 16 heavy (non-hydrogen) atoms. The molecule has 1 aromatic rings. The van der Waals surface area contributed by atoms with Crippen molar-refractivity contribution in [2.24, 2.45) is 11.8 Å². The Bertz CT molecular complexity index is 430. The van der Waals surface area contributed by atoms with Crippen LogP contribution in [0.5, 0.6) is 0 Å². The number of benzene rings is 1. The standard InChI is InChI=1S/C15H16O/c16-15-10-14(11-6-2-1-3-7-11)12-8-4-5-9-13(12)15/h1-3,6-7,10,12-13H,4-5,8-9H2/t12-,13+/m1/s1. The summed E-state index contributed by atoms with van der Waals surface area (Å²) in [6.07, 6.45) is 6.69. The fourth-order valence-corrected chi connectivity index (χ4v) is 3.14. The molecule has 1 fully saturated rings. The monoisotopic (exact) mass is 212 g/mol. The zero-order valence-electron chi connectivity index (χ0n) is 9.36. The van der Waals surface area contributed by atoms with Gasteiger partial charge in [0.2, 0.25) is 0 Å². The smallest absolute Gasteiger partial charge is 0.159 e. The minimum Gasteiger partial charge on any atom is -0.295 e. The van der Waals surface area contributed by atoms with Gasteiger partial charge in [-0.2, -0.15) is 0 Å². The van der Waals surface area contributed by atoms with Crippen molar-refractivity contribution in [2.75, 3.05) is 0 Å². The Kier molecular flexibility index (Phi) is 2.39. The number of fused-ring (bicyclic) bond motifs is 1. The summed E-state index contributed by atoms with van der Waals surface area (Å²) in [5.41, 5.74) is 2.53. The Morgan fingerprint density at radius 2 is 1.62 bits per heavy atom. The Balaban J connectivity index is 1.96. The van der Waals surface area contributed by atoms with Gasteiger partial charge in [0.05, 0.1) is 0 Å². The molecule has 0 spiro atoms. The fraction of sp³-hybridized carbons (Fsp3) is 0.400. The molecule has 0 saturated heterocycles. The molecular formula is C15H16O. The second-order valence-corrected chi connectivity index (χ2v) is 4.87. The summed E-state index contributed by atoms with van der Waals surface area (Å²) in [6, 6.07) is 10.4. The van der Waals surface area contributed by atoms with Gasteiger partial charge in [-0.05, 0) is 36.0 Å². The highest BCUT2D eigenvalue weighted by molar-refractivity contribution is 6.04. The van der Waals surface area contributed by atoms with Crippen molar-refractivity contribution in [3.63, 3.8) is 0 Å². The summed E-state index contributed by atoms with van der Waals surface area (Å²) in [5.74, 6) is 1.16. The number of carbonyl (C=O) groups excluding carboxylic acids is 1. The van der Waals surface area contributed by atoms with Gasteiger partial charge in [-0.25, -0.2) is 0 Å². The summed E-state index contributed by atoms with van der Waals surface area (Å²) >= 11 is 0. The van der Waals surface area contributed by atoms with Crippen molar-refractivity contribution in [3.8, 4) is 0 Å². The number of hydrogen-bond acceptors (Lipinski definition) is 1. The van der Waals surface area contributed by atoms with E-state index in [4.69, 9.17) is 0 Å². The molecule has 0 unspecified atom stereocenters. The van der Waals surface area contributed by atoms with Crippen molar-refractivity contribution in [3.05, 3.63) is 42.0 Å². The highest BCUT2D eigenvalue weighted by atomic mass is 16.1. The third-order valence-electron chi connectivity index (χ3n) is 3.94. The molecule has 2 atom stereocenters. The van der Waals surface area contributed by atoms with Crippen molar-refractivity contribution in [1.29, 1.82) is 0 Å². The molecule has 1 heteroatoms. The Morgan fingerprint density at radius 3 is 2.38 bits per heavy atom. The fourth-order valence-electron chi connectivity index (χ4n) is 3.14. The molecule has 1 saturated carbocycles. The normalized spacial score (nSPS) is 28.8. The van der Waals surface area contributed by atoms with Crippen LogP contribution in [0.3, 0.4) is 0 Å². The lowest BCUT2D eigenvalue weighted by Gasteiger charge is -2.26. The minimum absolute atomic E-state index is 0.295. The number of carbonyl (C=O) groups is 1. The average Bonchev–Trinajstić information content (AvgIpc) is 2.69. The van der Waals surface area contributed by atoms with Gasteiger partial charge in [0.15, 0.2) is 5.78 Å². The van der Waals surface area contributed by atoms with Gasteiger partial charge in [0.1, 0.15) is 0 Å². The molecule has 0 aromatic heterocycles. The van der Waals surface area contributed by atoms with Crippen LogP contribution < -0.4 is 0 Å². The molecular weight excluding hydrogens is 196 g/mol. The zero-order chi connectivity index (χ0) is 11.0. The van der Waals surface area contributed by atoms with E-state index >= 15 is 0 Å². The van der Waals surface area contributed by atoms with Crippen molar-refractivity contribution >= 4 is 11.4 Å². The van der Waals surface area contributed by atoms with Crippen LogP contribution in [0.2, 0.25) is 0 Å². The van der Waals surface area contributed by atoms with Gasteiger partial charge in [-0.1, -0.05) is 43.2 Å². The number of rotatable bonds is 1. The molecule has 0 bridgehead atoms. The SMILES string of the molecule is O=C1C=C(c2ccccc2)[C@@H]2CCCC[C@H]12. The first kappa shape index (κ1) is 9.83. The van der Waals surface area contributed by atoms with Crippen molar-refractivity contribution in [1.82, 2.24) is 0 Å². The van der Waals surface area contributed by atoms with Gasteiger partial charge < -0.3 is 0 Å². The van der Waals surface area contributed by atoms with Crippen LogP contribution in [0.4, 0.5) is 0 Å². The van der Waals surface area contributed by atoms with Crippen molar-refractivity contribution < 1.29 is 4.79 Å². The van der Waals surface area contributed by atoms with Crippen molar-refractivity contribution in [2.45, 2.75) is 25.7 Å². The molecule has 1 nitrogen and oxygen atoms in total. The van der Waals surface area contributed by atoms with E-state index in [1.54, 1.807) is 0 Å². The van der Waals surface area contributed by atoms with Crippen LogP contribution in [0, 0.1) is 11.8 Å². The summed E-state index contributed by atoms with van der Waals surface area (Å²) in [5, 5.41) is 0. The molecule has 2 aliphatic rings. The number of allylic oxidation sites excluding steroid dienone is 2. The van der Waals surface area contributed by atoms with Crippen LogP contribution in [0.15, 0.2) is 36.4 Å². The van der Waals surface area contributed by atoms with E-state index in [9.17, 15) is 4.79 Å². The topological polar surface area (TPSA) is 17.1 Å². The van der Waals surface area contributed by atoms with Crippen LogP contribution in [-0.2, 0) is 4.79 Å². The summed E-state index contributed by atoms with van der Waals surface area (Å²) < 4.78 is 0. The maximum Gasteiger partial charge on any atom is 0.159 e. The Morgan fingerprint density at radius 1 is 0.938 bits per heavy atom. The first-order valence-corrected chi connectivity index (χ1v) is 6.17. The third kappa shape index (κ3) is 1.51. The second-order valence-electron chi connectivity index (χ2n) is 4.87. The maximum atomic E-state index is 11.9. The van der Waals surface area contributed by atoms with Crippen LogP contribution in [0.1, 0.15) is 31.2 Å². The summed E-state index contributed by atoms with van der Waals surface area (Å²) in [4.78, 5) is 11.9. The minimum atomic E-state index is 0.295. The molecule has 1 aromatic carbocycles. The average molecular weight is 212 g/mol. The highest BCUT2D eigenvalue weighted by Crippen LogP contribution is 2.44. The van der Waals surface area contributed by atoms with Gasteiger partial charge in [-0.3, -0.25) is 4.79 Å². The van der Waals surface area contributed by atoms with E-state index in [1.807, 2.05) is 12.1 Å². The molecule has 0 amide bonds. The molecule has 82 valence electrons. The predicted octanol–water partition coefficient (Wildman–Crippen LogP) is 3.46. The number of ketones is 1. The largest absolute Gasteiger partial charge is 0.295 e. The van der Waals surface area contributed by atoms with Crippen LogP contribution in [-0.4, -0.2) is 5.78 Å². The van der Waals surface area contributed by atoms with E-state index in [0.29, 0.717) is 17.6 Å². The molecule has 0 aliphatic heterocycles. The van der Waals surface area contributed by atoms with E-state index in [2.05, 4.69) is 24.3 Å². The molecule has 0 N–H and O–H groups in total. The van der Waals surface area contributed by atoms with E-state index in [-0.39, 0.29) is 0 Å². The molecule has 3 rings (SSSR count). The van der Waals surface area contributed by atoms with E-state index < -0.39 is 0 Å². The van der Waals surface area contributed by atoms with E-state index in [1.165, 1.54) is 30.4 Å². The van der Waals surface area contributed by atoms with Gasteiger partial charge in [0.25, 0.3) is 0 Å². The lowest BCUT2D eigenvalue weighted by atomic mass is 9.77.